The van der Waals surface area contributed by atoms with Crippen molar-refractivity contribution < 1.29 is 13.5 Å². The van der Waals surface area contributed by atoms with E-state index in [-0.39, 0.29) is 23.9 Å². The first kappa shape index (κ1) is 14.4. The van der Waals surface area contributed by atoms with Gasteiger partial charge in [0.1, 0.15) is 0 Å². The van der Waals surface area contributed by atoms with Gasteiger partial charge in [0, 0.05) is 6.26 Å². The van der Waals surface area contributed by atoms with Crippen molar-refractivity contribution in [1.82, 2.24) is 0 Å². The minimum Gasteiger partial charge on any atom is -0.394 e. The predicted molar refractivity (Wildman–Crippen MR) is 60.8 cm³/mol. The van der Waals surface area contributed by atoms with Crippen molar-refractivity contribution >= 4 is 22.2 Å². The van der Waals surface area contributed by atoms with Crippen LogP contribution in [0.5, 0.6) is 0 Å². The van der Waals surface area contributed by atoms with Crippen LogP contribution in [0.4, 0.5) is 0 Å². The summed E-state index contributed by atoms with van der Waals surface area (Å²) < 4.78 is 22.7. The Balaban J connectivity index is 0.00000196. The van der Waals surface area contributed by atoms with Crippen molar-refractivity contribution in [3.8, 4) is 0 Å². The second kappa shape index (κ2) is 5.46. The van der Waals surface area contributed by atoms with Gasteiger partial charge in [-0.15, -0.1) is 12.4 Å². The minimum atomic E-state index is -3.28. The summed E-state index contributed by atoms with van der Waals surface area (Å²) >= 11 is 0. The van der Waals surface area contributed by atoms with E-state index in [1.807, 2.05) is 0 Å². The molecule has 6 heteroatoms. The largest absolute Gasteiger partial charge is 0.394 e. The third kappa shape index (κ3) is 3.46. The molecule has 1 atom stereocenters. The monoisotopic (exact) mass is 251 g/mol. The number of hydrogen-bond acceptors (Lipinski definition) is 4. The molecule has 0 bridgehead atoms. The molecule has 4 nitrogen and oxygen atoms in total. The van der Waals surface area contributed by atoms with Crippen LogP contribution < -0.4 is 5.73 Å². The van der Waals surface area contributed by atoms with Crippen LogP contribution in [0, 0.1) is 0 Å². The highest BCUT2D eigenvalue weighted by Crippen LogP contribution is 2.20. The zero-order valence-electron chi connectivity index (χ0n) is 8.25. The fourth-order valence-electron chi connectivity index (χ4n) is 1.22. The van der Waals surface area contributed by atoms with E-state index in [1.165, 1.54) is 6.07 Å². The molecule has 1 rings (SSSR count). The first-order valence-electron chi connectivity index (χ1n) is 4.12. The number of hydrogen-bond donors (Lipinski definition) is 2. The van der Waals surface area contributed by atoms with Gasteiger partial charge in [-0.3, -0.25) is 0 Å². The van der Waals surface area contributed by atoms with Gasteiger partial charge in [-0.1, -0.05) is 18.2 Å². The van der Waals surface area contributed by atoms with Gasteiger partial charge in [0.2, 0.25) is 0 Å². The van der Waals surface area contributed by atoms with E-state index in [9.17, 15) is 8.42 Å². The number of aliphatic hydroxyl groups excluding tert-OH is 1. The zero-order chi connectivity index (χ0) is 10.8. The van der Waals surface area contributed by atoms with E-state index < -0.39 is 15.9 Å². The molecule has 15 heavy (non-hydrogen) atoms. The van der Waals surface area contributed by atoms with Gasteiger partial charge < -0.3 is 10.8 Å². The van der Waals surface area contributed by atoms with Crippen LogP contribution in [0.3, 0.4) is 0 Å². The summed E-state index contributed by atoms with van der Waals surface area (Å²) in [7, 11) is -3.28. The Kier molecular flexibility index (Phi) is 5.23. The van der Waals surface area contributed by atoms with Crippen molar-refractivity contribution in [1.29, 1.82) is 0 Å². The predicted octanol–water partition coefficient (Wildman–Crippen LogP) is 0.504. The van der Waals surface area contributed by atoms with Crippen molar-refractivity contribution in [3.63, 3.8) is 0 Å². The molecular formula is C9H14ClNO3S. The number of benzene rings is 1. The van der Waals surface area contributed by atoms with Gasteiger partial charge >= 0.3 is 0 Å². The summed E-state index contributed by atoms with van der Waals surface area (Å²) in [5.74, 6) is 0. The van der Waals surface area contributed by atoms with Crippen LogP contribution in [0.25, 0.3) is 0 Å². The number of nitrogens with two attached hydrogens (primary N) is 1. The third-order valence-electron chi connectivity index (χ3n) is 1.91. The van der Waals surface area contributed by atoms with Crippen LogP contribution in [-0.2, 0) is 9.84 Å². The molecule has 1 unspecified atom stereocenters. The van der Waals surface area contributed by atoms with Gasteiger partial charge in [-0.25, -0.2) is 8.42 Å². The highest BCUT2D eigenvalue weighted by molar-refractivity contribution is 7.90. The zero-order valence-corrected chi connectivity index (χ0v) is 9.88. The molecule has 1 aromatic rings. The fourth-order valence-corrected chi connectivity index (χ4v) is 2.20. The molecule has 0 saturated heterocycles. The van der Waals surface area contributed by atoms with E-state index in [4.69, 9.17) is 10.8 Å². The lowest BCUT2D eigenvalue weighted by Crippen LogP contribution is -2.17. The van der Waals surface area contributed by atoms with Gasteiger partial charge in [-0.05, 0) is 11.6 Å². The Morgan fingerprint density at radius 1 is 1.40 bits per heavy atom. The summed E-state index contributed by atoms with van der Waals surface area (Å²) in [6, 6.07) is 5.77. The van der Waals surface area contributed by atoms with Crippen LogP contribution in [0.1, 0.15) is 11.6 Å². The average molecular weight is 252 g/mol. The first-order chi connectivity index (χ1) is 6.46. The van der Waals surface area contributed by atoms with Crippen LogP contribution in [0.2, 0.25) is 0 Å². The molecule has 0 saturated carbocycles. The first-order valence-corrected chi connectivity index (χ1v) is 6.01. The SMILES string of the molecule is CS(=O)(=O)c1ccccc1C(N)CO.Cl. The molecule has 0 aliphatic heterocycles. The number of rotatable bonds is 3. The maximum Gasteiger partial charge on any atom is 0.175 e. The van der Waals surface area contributed by atoms with Gasteiger partial charge in [0.15, 0.2) is 9.84 Å². The lowest BCUT2D eigenvalue weighted by Gasteiger charge is -2.12. The summed E-state index contributed by atoms with van der Waals surface area (Å²) in [6.45, 7) is -0.271. The summed E-state index contributed by atoms with van der Waals surface area (Å²) in [4.78, 5) is 0.182. The summed E-state index contributed by atoms with van der Waals surface area (Å²) in [5, 5.41) is 8.86. The van der Waals surface area contributed by atoms with E-state index in [0.717, 1.165) is 6.26 Å². The summed E-state index contributed by atoms with van der Waals surface area (Å²) in [6.07, 6.45) is 1.12. The molecule has 3 N–H and O–H groups in total. The standard InChI is InChI=1S/C9H13NO3S.ClH/c1-14(12,13)9-5-3-2-4-7(9)8(10)6-11;/h2-5,8,11H,6,10H2,1H3;1H. The quantitative estimate of drug-likeness (QED) is 0.820. The Hall–Kier alpha value is -0.620. The van der Waals surface area contributed by atoms with Crippen LogP contribution in [-0.4, -0.2) is 26.4 Å². The maximum absolute atomic E-state index is 11.3. The molecule has 0 heterocycles. The molecule has 0 aliphatic carbocycles. The van der Waals surface area contributed by atoms with Gasteiger partial charge in [0.05, 0.1) is 17.5 Å². The molecule has 0 radical (unpaired) electrons. The second-order valence-electron chi connectivity index (χ2n) is 3.10. The van der Waals surface area contributed by atoms with Crippen molar-refractivity contribution in [2.45, 2.75) is 10.9 Å². The molecule has 0 aromatic heterocycles. The maximum atomic E-state index is 11.3. The second-order valence-corrected chi connectivity index (χ2v) is 5.08. The fraction of sp³-hybridized carbons (Fsp3) is 0.333. The molecule has 86 valence electrons. The van der Waals surface area contributed by atoms with Crippen LogP contribution >= 0.6 is 12.4 Å². The van der Waals surface area contributed by atoms with Gasteiger partial charge in [-0.2, -0.15) is 0 Å². The van der Waals surface area contributed by atoms with E-state index in [1.54, 1.807) is 18.2 Å². The Bertz CT molecular complexity index is 419. The van der Waals surface area contributed by atoms with Crippen molar-refractivity contribution in [3.05, 3.63) is 29.8 Å². The van der Waals surface area contributed by atoms with E-state index >= 15 is 0 Å². The highest BCUT2D eigenvalue weighted by atomic mass is 35.5. The smallest absolute Gasteiger partial charge is 0.175 e. The lowest BCUT2D eigenvalue weighted by atomic mass is 10.1. The Morgan fingerprint density at radius 2 is 1.93 bits per heavy atom. The minimum absolute atomic E-state index is 0. The number of aliphatic hydroxyl groups is 1. The Morgan fingerprint density at radius 3 is 2.40 bits per heavy atom. The average Bonchev–Trinajstić information content (AvgIpc) is 2.15. The Labute approximate surface area is 95.4 Å². The topological polar surface area (TPSA) is 80.4 Å². The van der Waals surface area contributed by atoms with Crippen molar-refractivity contribution in [2.75, 3.05) is 12.9 Å². The molecular weight excluding hydrogens is 238 g/mol. The third-order valence-corrected chi connectivity index (χ3v) is 3.09. The molecule has 0 aliphatic rings. The summed E-state index contributed by atoms with van der Waals surface area (Å²) in [5.41, 5.74) is 6.03. The molecule has 0 amide bonds. The normalized spacial score (nSPS) is 13.0. The van der Waals surface area contributed by atoms with E-state index in [0.29, 0.717) is 5.56 Å². The van der Waals surface area contributed by atoms with Crippen molar-refractivity contribution in [2.24, 2.45) is 5.73 Å². The van der Waals surface area contributed by atoms with Gasteiger partial charge in [0.25, 0.3) is 0 Å². The molecule has 1 aromatic carbocycles. The molecule has 0 spiro atoms. The highest BCUT2D eigenvalue weighted by Gasteiger charge is 2.16. The van der Waals surface area contributed by atoms with E-state index in [2.05, 4.69) is 0 Å². The lowest BCUT2D eigenvalue weighted by molar-refractivity contribution is 0.266. The molecule has 0 fully saturated rings. The number of halogens is 1. The number of sulfone groups is 1. The van der Waals surface area contributed by atoms with Crippen LogP contribution in [0.15, 0.2) is 29.2 Å².